The second-order valence-corrected chi connectivity index (χ2v) is 5.95. The predicted molar refractivity (Wildman–Crippen MR) is 86.5 cm³/mol. The molecule has 3 rings (SSSR count). The molecule has 0 unspecified atom stereocenters. The van der Waals surface area contributed by atoms with Crippen LogP contribution in [0.4, 0.5) is 8.78 Å². The van der Waals surface area contributed by atoms with Gasteiger partial charge in [-0.15, -0.1) is 0 Å². The van der Waals surface area contributed by atoms with Crippen LogP contribution in [0.15, 0.2) is 48.5 Å². The van der Waals surface area contributed by atoms with Crippen molar-refractivity contribution in [2.75, 3.05) is 13.1 Å². The zero-order valence-corrected chi connectivity index (χ0v) is 13.3. The number of hydrogen-bond acceptors (Lipinski definition) is 2. The number of piperidine rings is 1. The first-order valence-corrected chi connectivity index (χ1v) is 8.03. The first-order valence-electron chi connectivity index (χ1n) is 8.03. The molecule has 0 radical (unpaired) electrons. The van der Waals surface area contributed by atoms with Crippen LogP contribution in [0.1, 0.15) is 28.8 Å². The van der Waals surface area contributed by atoms with Crippen molar-refractivity contribution >= 4 is 5.91 Å². The minimum atomic E-state index is -0.737. The Balaban J connectivity index is 1.52. The topological polar surface area (TPSA) is 29.5 Å². The lowest BCUT2D eigenvalue weighted by Gasteiger charge is -2.32. The van der Waals surface area contributed by atoms with Gasteiger partial charge in [0.15, 0.2) is 0 Å². The van der Waals surface area contributed by atoms with E-state index < -0.39 is 11.6 Å². The first kappa shape index (κ1) is 16.6. The number of ether oxygens (including phenoxy) is 1. The van der Waals surface area contributed by atoms with Crippen LogP contribution in [-0.4, -0.2) is 30.0 Å². The second-order valence-electron chi connectivity index (χ2n) is 5.95. The number of carbonyl (C=O) groups excluding carboxylic acids is 1. The van der Waals surface area contributed by atoms with Crippen molar-refractivity contribution in [3.8, 4) is 0 Å². The summed E-state index contributed by atoms with van der Waals surface area (Å²) < 4.78 is 32.4. The maximum Gasteiger partial charge on any atom is 0.254 e. The predicted octanol–water partition coefficient (Wildman–Crippen LogP) is 3.79. The molecule has 0 saturated carbocycles. The number of rotatable bonds is 4. The summed E-state index contributed by atoms with van der Waals surface area (Å²) in [7, 11) is 0. The third-order valence-corrected chi connectivity index (χ3v) is 4.17. The van der Waals surface area contributed by atoms with Crippen molar-refractivity contribution in [3.05, 3.63) is 71.3 Å². The summed E-state index contributed by atoms with van der Waals surface area (Å²) in [4.78, 5) is 14.0. The maximum atomic E-state index is 13.2. The molecule has 1 fully saturated rings. The molecule has 0 atom stereocenters. The molecule has 1 saturated heterocycles. The molecule has 0 aromatic heterocycles. The van der Waals surface area contributed by atoms with Crippen molar-refractivity contribution in [3.63, 3.8) is 0 Å². The molecule has 5 heteroatoms. The van der Waals surface area contributed by atoms with Crippen LogP contribution >= 0.6 is 0 Å². The summed E-state index contributed by atoms with van der Waals surface area (Å²) >= 11 is 0. The third-order valence-electron chi connectivity index (χ3n) is 4.17. The van der Waals surface area contributed by atoms with E-state index in [-0.39, 0.29) is 17.6 Å². The summed E-state index contributed by atoms with van der Waals surface area (Å²) in [6.07, 6.45) is 1.53. The monoisotopic (exact) mass is 331 g/mol. The highest BCUT2D eigenvalue weighted by molar-refractivity contribution is 5.94. The summed E-state index contributed by atoms with van der Waals surface area (Å²) in [5.41, 5.74) is 1.17. The lowest BCUT2D eigenvalue weighted by Crippen LogP contribution is -2.40. The Morgan fingerprint density at radius 1 is 1.04 bits per heavy atom. The van der Waals surface area contributed by atoms with Crippen LogP contribution in [0.5, 0.6) is 0 Å². The fourth-order valence-electron chi connectivity index (χ4n) is 2.87. The van der Waals surface area contributed by atoms with Gasteiger partial charge in [-0.3, -0.25) is 4.79 Å². The third kappa shape index (κ3) is 4.17. The van der Waals surface area contributed by atoms with Gasteiger partial charge in [-0.1, -0.05) is 30.3 Å². The van der Waals surface area contributed by atoms with Crippen LogP contribution < -0.4 is 0 Å². The minimum Gasteiger partial charge on any atom is -0.373 e. The van der Waals surface area contributed by atoms with E-state index >= 15 is 0 Å². The number of benzene rings is 2. The Bertz CT molecular complexity index is 678. The molecule has 1 aliphatic rings. The Labute approximate surface area is 139 Å². The Kier molecular flexibility index (Phi) is 5.20. The Hall–Kier alpha value is -2.27. The van der Waals surface area contributed by atoms with Gasteiger partial charge < -0.3 is 9.64 Å². The van der Waals surface area contributed by atoms with Gasteiger partial charge in [0.2, 0.25) is 0 Å². The van der Waals surface area contributed by atoms with Crippen molar-refractivity contribution in [1.82, 2.24) is 4.90 Å². The molecule has 0 bridgehead atoms. The van der Waals surface area contributed by atoms with Crippen LogP contribution in [0.3, 0.4) is 0 Å². The SMILES string of the molecule is O=C(c1cc(F)cc(F)c1)N1CCC(OCc2ccccc2)CC1. The van der Waals surface area contributed by atoms with Gasteiger partial charge in [-0.25, -0.2) is 8.78 Å². The first-order chi connectivity index (χ1) is 11.6. The van der Waals surface area contributed by atoms with Gasteiger partial charge in [0.1, 0.15) is 11.6 Å². The van der Waals surface area contributed by atoms with Gasteiger partial charge in [0.25, 0.3) is 5.91 Å². The minimum absolute atomic E-state index is 0.0520. The maximum absolute atomic E-state index is 13.2. The smallest absolute Gasteiger partial charge is 0.254 e. The highest BCUT2D eigenvalue weighted by Crippen LogP contribution is 2.18. The van der Waals surface area contributed by atoms with E-state index in [2.05, 4.69) is 0 Å². The number of carbonyl (C=O) groups is 1. The van der Waals surface area contributed by atoms with Gasteiger partial charge in [0, 0.05) is 24.7 Å². The quantitative estimate of drug-likeness (QED) is 0.853. The van der Waals surface area contributed by atoms with E-state index in [9.17, 15) is 13.6 Å². The lowest BCUT2D eigenvalue weighted by atomic mass is 10.1. The van der Waals surface area contributed by atoms with Crippen molar-refractivity contribution in [1.29, 1.82) is 0 Å². The summed E-state index contributed by atoms with van der Waals surface area (Å²) in [5.74, 6) is -1.81. The summed E-state index contributed by atoms with van der Waals surface area (Å²) in [6.45, 7) is 1.60. The zero-order valence-electron chi connectivity index (χ0n) is 13.3. The molecule has 1 amide bonds. The highest BCUT2D eigenvalue weighted by atomic mass is 19.1. The van der Waals surface area contributed by atoms with Crippen molar-refractivity contribution in [2.24, 2.45) is 0 Å². The lowest BCUT2D eigenvalue weighted by molar-refractivity contribution is -0.000401. The molecule has 126 valence electrons. The molecule has 2 aromatic rings. The molecule has 0 spiro atoms. The second kappa shape index (κ2) is 7.53. The van der Waals surface area contributed by atoms with E-state index in [1.807, 2.05) is 30.3 Å². The fraction of sp³-hybridized carbons (Fsp3) is 0.316. The van der Waals surface area contributed by atoms with Crippen LogP contribution in [0, 0.1) is 11.6 Å². The largest absolute Gasteiger partial charge is 0.373 e. The molecule has 24 heavy (non-hydrogen) atoms. The van der Waals surface area contributed by atoms with Crippen molar-refractivity contribution < 1.29 is 18.3 Å². The van der Waals surface area contributed by atoms with Gasteiger partial charge >= 0.3 is 0 Å². The van der Waals surface area contributed by atoms with E-state index in [1.165, 1.54) is 0 Å². The highest BCUT2D eigenvalue weighted by Gasteiger charge is 2.24. The Morgan fingerprint density at radius 3 is 2.29 bits per heavy atom. The molecule has 1 aliphatic heterocycles. The van der Waals surface area contributed by atoms with Gasteiger partial charge in [-0.05, 0) is 30.5 Å². The fourth-order valence-corrected chi connectivity index (χ4v) is 2.87. The molecular weight excluding hydrogens is 312 g/mol. The summed E-state index contributed by atoms with van der Waals surface area (Å²) in [5, 5.41) is 0. The molecule has 3 nitrogen and oxygen atoms in total. The average molecular weight is 331 g/mol. The normalized spacial score (nSPS) is 15.5. The average Bonchev–Trinajstić information content (AvgIpc) is 2.60. The van der Waals surface area contributed by atoms with E-state index in [0.717, 1.165) is 36.6 Å². The van der Waals surface area contributed by atoms with E-state index in [4.69, 9.17) is 4.74 Å². The van der Waals surface area contributed by atoms with E-state index in [0.29, 0.717) is 19.7 Å². The number of hydrogen-bond donors (Lipinski definition) is 0. The van der Waals surface area contributed by atoms with Crippen molar-refractivity contribution in [2.45, 2.75) is 25.6 Å². The number of nitrogens with zero attached hydrogens (tertiary/aromatic N) is 1. The molecule has 0 aliphatic carbocycles. The van der Waals surface area contributed by atoms with Crippen LogP contribution in [0.2, 0.25) is 0 Å². The Morgan fingerprint density at radius 2 is 1.67 bits per heavy atom. The number of amides is 1. The van der Waals surface area contributed by atoms with E-state index in [1.54, 1.807) is 4.90 Å². The standard InChI is InChI=1S/C19H19F2NO2/c20-16-10-15(11-17(21)12-16)19(23)22-8-6-18(7-9-22)24-13-14-4-2-1-3-5-14/h1-5,10-12,18H,6-9,13H2. The molecular formula is C19H19F2NO2. The molecule has 0 N–H and O–H groups in total. The molecule has 1 heterocycles. The van der Waals surface area contributed by atoms with Gasteiger partial charge in [0.05, 0.1) is 12.7 Å². The zero-order chi connectivity index (χ0) is 16.9. The van der Waals surface area contributed by atoms with Crippen LogP contribution in [0.25, 0.3) is 0 Å². The molecule has 2 aromatic carbocycles. The van der Waals surface area contributed by atoms with Crippen LogP contribution in [-0.2, 0) is 11.3 Å². The number of likely N-dealkylation sites (tertiary alicyclic amines) is 1. The number of halogens is 2. The van der Waals surface area contributed by atoms with Gasteiger partial charge in [-0.2, -0.15) is 0 Å². The summed E-state index contributed by atoms with van der Waals surface area (Å²) in [6, 6.07) is 12.8.